The molecule has 0 saturated heterocycles. The van der Waals surface area contributed by atoms with Crippen LogP contribution in [0, 0.1) is 11.8 Å². The first-order chi connectivity index (χ1) is 9.52. The first-order valence-electron chi connectivity index (χ1n) is 7.31. The zero-order valence-electron chi connectivity index (χ0n) is 12.4. The van der Waals surface area contributed by atoms with E-state index in [1.54, 1.807) is 0 Å². The number of allylic oxidation sites excluding steroid dienone is 2. The molecule has 1 aliphatic carbocycles. The van der Waals surface area contributed by atoms with Gasteiger partial charge in [-0.3, -0.25) is 4.79 Å². The minimum Gasteiger partial charge on any atom is -0.385 e. The molecule has 0 bridgehead atoms. The van der Waals surface area contributed by atoms with Crippen molar-refractivity contribution >= 4 is 11.6 Å². The lowest BCUT2D eigenvalue weighted by molar-refractivity contribution is -0.117. The Morgan fingerprint density at radius 3 is 2.65 bits per heavy atom. The molecule has 1 aliphatic rings. The molecule has 0 aliphatic heterocycles. The summed E-state index contributed by atoms with van der Waals surface area (Å²) >= 11 is 0. The highest BCUT2D eigenvalue weighted by molar-refractivity contribution is 5.76. The minimum atomic E-state index is -0.288. The number of rotatable bonds is 5. The van der Waals surface area contributed by atoms with Gasteiger partial charge in [-0.15, -0.1) is 0 Å². The van der Waals surface area contributed by atoms with E-state index in [4.69, 9.17) is 5.73 Å². The Balaban J connectivity index is 1.85. The molecule has 2 unspecified atom stereocenters. The molecular formula is C17H24N2O. The molecule has 108 valence electrons. The first-order valence-corrected chi connectivity index (χ1v) is 7.31. The largest absolute Gasteiger partial charge is 0.385 e. The zero-order chi connectivity index (χ0) is 14.5. The number of anilines is 1. The van der Waals surface area contributed by atoms with E-state index in [0.29, 0.717) is 18.3 Å². The number of carbonyl (C=O) groups is 1. The molecule has 1 amide bonds. The minimum absolute atomic E-state index is 0.288. The molecule has 0 aromatic heterocycles. The van der Waals surface area contributed by atoms with Crippen molar-refractivity contribution in [3.8, 4) is 0 Å². The number of benzene rings is 1. The Morgan fingerprint density at radius 2 is 2.05 bits per heavy atom. The van der Waals surface area contributed by atoms with Gasteiger partial charge < -0.3 is 11.1 Å². The molecule has 3 heteroatoms. The maximum Gasteiger partial charge on any atom is 0.221 e. The summed E-state index contributed by atoms with van der Waals surface area (Å²) in [5.74, 6) is 1.11. The molecule has 1 aromatic carbocycles. The van der Waals surface area contributed by atoms with Crippen molar-refractivity contribution in [2.75, 3.05) is 11.9 Å². The van der Waals surface area contributed by atoms with Crippen LogP contribution in [0.3, 0.4) is 0 Å². The van der Waals surface area contributed by atoms with Crippen molar-refractivity contribution < 1.29 is 4.79 Å². The van der Waals surface area contributed by atoms with Gasteiger partial charge in [0.1, 0.15) is 0 Å². The number of nitrogens with two attached hydrogens (primary N) is 1. The van der Waals surface area contributed by atoms with Gasteiger partial charge in [0.25, 0.3) is 0 Å². The Bertz CT molecular complexity index is 490. The number of hydrogen-bond acceptors (Lipinski definition) is 2. The Kier molecular flexibility index (Phi) is 4.83. The van der Waals surface area contributed by atoms with E-state index in [1.807, 2.05) is 24.3 Å². The van der Waals surface area contributed by atoms with Crippen LogP contribution in [0.25, 0.3) is 0 Å². The van der Waals surface area contributed by atoms with Crippen molar-refractivity contribution in [3.05, 3.63) is 41.5 Å². The second kappa shape index (κ2) is 6.60. The molecule has 0 heterocycles. The third-order valence-electron chi connectivity index (χ3n) is 3.81. The SMILES string of the molecule is CC1=CC(C)CC(CNc2ccc(CC(N)=O)cc2)C1. The molecule has 0 spiro atoms. The predicted octanol–water partition coefficient (Wildman–Crippen LogP) is 3.12. The number of hydrogen-bond donors (Lipinski definition) is 2. The van der Waals surface area contributed by atoms with E-state index >= 15 is 0 Å². The molecular weight excluding hydrogens is 248 g/mol. The second-order valence-electron chi connectivity index (χ2n) is 6.02. The average molecular weight is 272 g/mol. The van der Waals surface area contributed by atoms with Gasteiger partial charge in [-0.05, 0) is 49.3 Å². The van der Waals surface area contributed by atoms with Crippen molar-refractivity contribution in [3.63, 3.8) is 0 Å². The van der Waals surface area contributed by atoms with Crippen molar-refractivity contribution in [2.45, 2.75) is 33.1 Å². The van der Waals surface area contributed by atoms with Crippen LogP contribution in [0.15, 0.2) is 35.9 Å². The average Bonchev–Trinajstić information content (AvgIpc) is 2.36. The third-order valence-corrected chi connectivity index (χ3v) is 3.81. The van der Waals surface area contributed by atoms with Crippen LogP contribution in [0.5, 0.6) is 0 Å². The predicted molar refractivity (Wildman–Crippen MR) is 83.5 cm³/mol. The maximum absolute atomic E-state index is 10.8. The van der Waals surface area contributed by atoms with Crippen molar-refractivity contribution in [1.82, 2.24) is 0 Å². The van der Waals surface area contributed by atoms with Crippen LogP contribution in [0.2, 0.25) is 0 Å². The highest BCUT2D eigenvalue weighted by Gasteiger charge is 2.17. The lowest BCUT2D eigenvalue weighted by atomic mass is 9.84. The highest BCUT2D eigenvalue weighted by atomic mass is 16.1. The lowest BCUT2D eigenvalue weighted by Gasteiger charge is -2.26. The van der Waals surface area contributed by atoms with Crippen LogP contribution in [0.4, 0.5) is 5.69 Å². The number of nitrogens with one attached hydrogen (secondary N) is 1. The summed E-state index contributed by atoms with van der Waals surface area (Å²) in [7, 11) is 0. The summed E-state index contributed by atoms with van der Waals surface area (Å²) in [4.78, 5) is 10.8. The number of amides is 1. The standard InChI is InChI=1S/C17H24N2O/c1-12-7-13(2)9-15(8-12)11-19-16-5-3-14(4-6-16)10-17(18)20/h3-7,12,15,19H,8-11H2,1-2H3,(H2,18,20). The normalized spacial score (nSPS) is 22.2. The van der Waals surface area contributed by atoms with E-state index in [9.17, 15) is 4.79 Å². The van der Waals surface area contributed by atoms with Crippen molar-refractivity contribution in [1.29, 1.82) is 0 Å². The van der Waals surface area contributed by atoms with Crippen LogP contribution < -0.4 is 11.1 Å². The Labute approximate surface area is 121 Å². The van der Waals surface area contributed by atoms with Gasteiger partial charge in [-0.2, -0.15) is 0 Å². The molecule has 0 fully saturated rings. The van der Waals surface area contributed by atoms with Gasteiger partial charge in [0, 0.05) is 12.2 Å². The van der Waals surface area contributed by atoms with Gasteiger partial charge in [0.05, 0.1) is 6.42 Å². The molecule has 0 saturated carbocycles. The fraction of sp³-hybridized carbons (Fsp3) is 0.471. The summed E-state index contributed by atoms with van der Waals surface area (Å²) in [6.07, 6.45) is 5.14. The summed E-state index contributed by atoms with van der Waals surface area (Å²) in [5.41, 5.74) is 8.77. The summed E-state index contributed by atoms with van der Waals surface area (Å²) in [6.45, 7) is 5.51. The molecule has 1 aromatic rings. The third kappa shape index (κ3) is 4.41. The van der Waals surface area contributed by atoms with Gasteiger partial charge in [0.2, 0.25) is 5.91 Å². The van der Waals surface area contributed by atoms with Crippen LogP contribution in [0.1, 0.15) is 32.3 Å². The van der Waals surface area contributed by atoms with E-state index in [1.165, 1.54) is 18.4 Å². The van der Waals surface area contributed by atoms with E-state index in [0.717, 1.165) is 17.8 Å². The lowest BCUT2D eigenvalue weighted by Crippen LogP contribution is -2.20. The number of carbonyl (C=O) groups excluding carboxylic acids is 1. The zero-order valence-corrected chi connectivity index (χ0v) is 12.4. The van der Waals surface area contributed by atoms with E-state index in [-0.39, 0.29) is 5.91 Å². The molecule has 3 nitrogen and oxygen atoms in total. The van der Waals surface area contributed by atoms with Crippen LogP contribution >= 0.6 is 0 Å². The quantitative estimate of drug-likeness (QED) is 0.809. The maximum atomic E-state index is 10.8. The molecule has 3 N–H and O–H groups in total. The molecule has 20 heavy (non-hydrogen) atoms. The van der Waals surface area contributed by atoms with Gasteiger partial charge in [0.15, 0.2) is 0 Å². The summed E-state index contributed by atoms with van der Waals surface area (Å²) in [6, 6.07) is 7.96. The first kappa shape index (κ1) is 14.6. The fourth-order valence-corrected chi connectivity index (χ4v) is 3.05. The van der Waals surface area contributed by atoms with Gasteiger partial charge >= 0.3 is 0 Å². The smallest absolute Gasteiger partial charge is 0.221 e. The molecule has 2 atom stereocenters. The van der Waals surface area contributed by atoms with Crippen LogP contribution in [-0.4, -0.2) is 12.5 Å². The summed E-state index contributed by atoms with van der Waals surface area (Å²) in [5, 5.41) is 3.49. The van der Waals surface area contributed by atoms with E-state index in [2.05, 4.69) is 25.2 Å². The van der Waals surface area contributed by atoms with Crippen LogP contribution in [-0.2, 0) is 11.2 Å². The fourth-order valence-electron chi connectivity index (χ4n) is 3.05. The highest BCUT2D eigenvalue weighted by Crippen LogP contribution is 2.28. The molecule has 0 radical (unpaired) electrons. The Hall–Kier alpha value is -1.77. The monoisotopic (exact) mass is 272 g/mol. The summed E-state index contributed by atoms with van der Waals surface area (Å²) < 4.78 is 0. The van der Waals surface area contributed by atoms with Gasteiger partial charge in [-0.25, -0.2) is 0 Å². The second-order valence-corrected chi connectivity index (χ2v) is 6.02. The Morgan fingerprint density at radius 1 is 1.35 bits per heavy atom. The molecule has 2 rings (SSSR count). The topological polar surface area (TPSA) is 55.1 Å². The number of primary amides is 1. The van der Waals surface area contributed by atoms with E-state index < -0.39 is 0 Å². The van der Waals surface area contributed by atoms with Crippen molar-refractivity contribution in [2.24, 2.45) is 17.6 Å². The van der Waals surface area contributed by atoms with Gasteiger partial charge in [-0.1, -0.05) is 30.7 Å².